The molecule has 2 aromatic rings. The Balaban J connectivity index is 2.53. The number of nitrogens with two attached hydrogens (primary N) is 1. The highest BCUT2D eigenvalue weighted by Gasteiger charge is 2.25. The maximum Gasteiger partial charge on any atom is 0.259 e. The third-order valence-corrected chi connectivity index (χ3v) is 8.34. The monoisotopic (exact) mass is 483 g/mol. The predicted molar refractivity (Wildman–Crippen MR) is 128 cm³/mol. The van der Waals surface area contributed by atoms with Crippen LogP contribution in [0.15, 0.2) is 20.8 Å². The number of benzene rings is 1. The molecule has 1 amide bonds. The molecule has 1 aromatic carbocycles. The number of halogens is 1. The molecule has 0 radical (unpaired) electrons. The molecular weight excluding hydrogens is 449 g/mol. The molecule has 6 nitrogen and oxygen atoms in total. The highest BCUT2D eigenvalue weighted by Crippen LogP contribution is 2.34. The maximum absolute atomic E-state index is 15.3. The molecule has 0 aliphatic carbocycles. The lowest BCUT2D eigenvalue weighted by atomic mass is 9.84. The molecule has 1 atom stereocenters. The van der Waals surface area contributed by atoms with Crippen LogP contribution in [0.25, 0.3) is 0 Å². The highest BCUT2D eigenvalue weighted by atomic mass is 32.2. The summed E-state index contributed by atoms with van der Waals surface area (Å²) in [7, 11) is -1.93. The third kappa shape index (κ3) is 6.01. The first-order chi connectivity index (χ1) is 14.7. The van der Waals surface area contributed by atoms with Crippen LogP contribution in [0.2, 0.25) is 0 Å². The molecule has 9 heteroatoms. The van der Waals surface area contributed by atoms with Gasteiger partial charge in [0.2, 0.25) is 0 Å². The zero-order chi connectivity index (χ0) is 24.4. The summed E-state index contributed by atoms with van der Waals surface area (Å²) < 4.78 is 37.6. The number of hydrogen-bond acceptors (Lipinski definition) is 5. The summed E-state index contributed by atoms with van der Waals surface area (Å²) in [4.78, 5) is 17.2. The molecule has 0 bridgehead atoms. The van der Waals surface area contributed by atoms with Crippen molar-refractivity contribution >= 4 is 27.2 Å². The largest absolute Gasteiger partial charge is 0.380 e. The van der Waals surface area contributed by atoms with Crippen LogP contribution in [-0.2, 0) is 37.9 Å². The number of rotatable bonds is 7. The molecule has 2 rings (SSSR count). The summed E-state index contributed by atoms with van der Waals surface area (Å²) in [6.07, 6.45) is 1.24. The third-order valence-electron chi connectivity index (χ3n) is 5.00. The Labute approximate surface area is 195 Å². The molecule has 2 N–H and O–H groups in total. The summed E-state index contributed by atoms with van der Waals surface area (Å²) in [5.74, 6) is -1.14. The van der Waals surface area contributed by atoms with E-state index in [2.05, 4.69) is 9.35 Å². The van der Waals surface area contributed by atoms with E-state index in [0.29, 0.717) is 16.7 Å². The van der Waals surface area contributed by atoms with Gasteiger partial charge in [-0.1, -0.05) is 48.5 Å². The molecule has 0 aliphatic rings. The first-order valence-electron chi connectivity index (χ1n) is 10.6. The summed E-state index contributed by atoms with van der Waals surface area (Å²) >= 11 is 1.19. The number of carbonyl (C=O) groups excluding carboxylic acids is 1. The minimum absolute atomic E-state index is 0.0459. The lowest BCUT2D eigenvalue weighted by molar-refractivity contribution is -0.117. The molecule has 0 aliphatic heterocycles. The van der Waals surface area contributed by atoms with Gasteiger partial charge < -0.3 is 4.74 Å². The second kappa shape index (κ2) is 10.1. The first-order valence-corrected chi connectivity index (χ1v) is 13.0. The van der Waals surface area contributed by atoms with Gasteiger partial charge in [0.1, 0.15) is 10.0 Å². The topological polar surface area (TPSA) is 94.6 Å². The normalized spacial score (nSPS) is 14.1. The van der Waals surface area contributed by atoms with Crippen molar-refractivity contribution < 1.29 is 18.1 Å². The van der Waals surface area contributed by atoms with E-state index < -0.39 is 15.8 Å². The van der Waals surface area contributed by atoms with Crippen LogP contribution in [0.4, 0.5) is 4.39 Å². The lowest BCUT2D eigenvalue weighted by Crippen LogP contribution is -2.17. The number of aromatic nitrogens is 1. The fourth-order valence-corrected chi connectivity index (χ4v) is 5.69. The Hall–Kier alpha value is -1.68. The summed E-state index contributed by atoms with van der Waals surface area (Å²) in [5.41, 5.74) is 2.11. The minimum atomic E-state index is -3.44. The van der Waals surface area contributed by atoms with Crippen molar-refractivity contribution in [3.8, 4) is 0 Å². The van der Waals surface area contributed by atoms with Gasteiger partial charge in [-0.25, -0.2) is 18.7 Å². The van der Waals surface area contributed by atoms with E-state index in [4.69, 9.17) is 9.88 Å². The molecule has 0 spiro atoms. The maximum atomic E-state index is 15.3. The Bertz CT molecular complexity index is 1110. The van der Waals surface area contributed by atoms with Crippen molar-refractivity contribution in [1.82, 2.24) is 4.98 Å². The number of thiazole rings is 1. The molecule has 1 aromatic heterocycles. The van der Waals surface area contributed by atoms with Crippen LogP contribution < -0.4 is 5.14 Å². The molecule has 0 saturated heterocycles. The minimum Gasteiger partial charge on any atom is -0.380 e. The van der Waals surface area contributed by atoms with Gasteiger partial charge in [-0.05, 0) is 34.6 Å². The molecule has 0 fully saturated rings. The zero-order valence-corrected chi connectivity index (χ0v) is 21.7. The van der Waals surface area contributed by atoms with Gasteiger partial charge in [0.25, 0.3) is 5.91 Å². The van der Waals surface area contributed by atoms with E-state index in [1.54, 1.807) is 6.07 Å². The average Bonchev–Trinajstić information content (AvgIpc) is 3.14. The molecule has 0 saturated carbocycles. The van der Waals surface area contributed by atoms with Gasteiger partial charge in [0.05, 0.1) is 24.2 Å². The Morgan fingerprint density at radius 3 is 2.38 bits per heavy atom. The van der Waals surface area contributed by atoms with E-state index in [9.17, 15) is 9.00 Å². The molecule has 1 heterocycles. The van der Waals surface area contributed by atoms with Crippen molar-refractivity contribution in [2.75, 3.05) is 7.11 Å². The van der Waals surface area contributed by atoms with Crippen LogP contribution in [0.3, 0.4) is 0 Å². The van der Waals surface area contributed by atoms with E-state index in [0.717, 1.165) is 10.6 Å². The SMILES string of the molecule is COCc1cc(C(C)C)c(CC(=O)N=S(N)(=O)c2cnc(C(C)(C)C)s2)c(C(C)C)c1F. The predicted octanol–water partition coefficient (Wildman–Crippen LogP) is 5.44. The molecular formula is C23H34FN3O3S2. The Morgan fingerprint density at radius 2 is 1.91 bits per heavy atom. The fourth-order valence-electron chi connectivity index (χ4n) is 3.50. The van der Waals surface area contributed by atoms with Crippen molar-refractivity contribution in [3.63, 3.8) is 0 Å². The number of hydrogen-bond donors (Lipinski definition) is 1. The van der Waals surface area contributed by atoms with E-state index in [1.807, 2.05) is 48.5 Å². The van der Waals surface area contributed by atoms with E-state index >= 15 is 4.39 Å². The summed E-state index contributed by atoms with van der Waals surface area (Å²) in [5, 5.41) is 6.72. The standard InChI is InChI=1S/C23H34FN3O3S2/c1-13(2)16-9-15(12-30-8)21(24)20(14(3)4)17(16)10-18(28)27-32(25,29)19-11-26-22(31-19)23(5,6)7/h9,11,13-14H,10,12H2,1-8H3,(H2,25,27,28,29). The van der Waals surface area contributed by atoms with Gasteiger partial charge in [0, 0.05) is 18.1 Å². The Kier molecular flexibility index (Phi) is 8.36. The second-order valence-corrected chi connectivity index (χ2v) is 12.6. The van der Waals surface area contributed by atoms with E-state index in [-0.39, 0.29) is 40.3 Å². The number of methoxy groups -OCH3 is 1. The Morgan fingerprint density at radius 1 is 1.28 bits per heavy atom. The van der Waals surface area contributed by atoms with Crippen molar-refractivity contribution in [1.29, 1.82) is 0 Å². The van der Waals surface area contributed by atoms with Gasteiger partial charge in [0.15, 0.2) is 9.92 Å². The number of nitrogens with zero attached hydrogens (tertiary/aromatic N) is 2. The van der Waals surface area contributed by atoms with Crippen LogP contribution in [-0.4, -0.2) is 22.2 Å². The first kappa shape index (κ1) is 26.6. The highest BCUT2D eigenvalue weighted by molar-refractivity contribution is 7.93. The fraction of sp³-hybridized carbons (Fsp3) is 0.565. The zero-order valence-electron chi connectivity index (χ0n) is 20.1. The number of amides is 1. The van der Waals surface area contributed by atoms with Gasteiger partial charge in [-0.3, -0.25) is 4.79 Å². The van der Waals surface area contributed by atoms with E-state index in [1.165, 1.54) is 24.6 Å². The average molecular weight is 484 g/mol. The van der Waals surface area contributed by atoms with Crippen LogP contribution in [0, 0.1) is 5.82 Å². The van der Waals surface area contributed by atoms with Crippen LogP contribution in [0.1, 0.15) is 87.6 Å². The molecule has 1 unspecified atom stereocenters. The van der Waals surface area contributed by atoms with Crippen LogP contribution in [0.5, 0.6) is 0 Å². The quantitative estimate of drug-likeness (QED) is 0.567. The van der Waals surface area contributed by atoms with Crippen molar-refractivity contribution in [3.05, 3.63) is 45.3 Å². The molecule has 178 valence electrons. The van der Waals surface area contributed by atoms with Crippen LogP contribution >= 0.6 is 11.3 Å². The van der Waals surface area contributed by atoms with Gasteiger partial charge in [-0.2, -0.15) is 0 Å². The van der Waals surface area contributed by atoms with Crippen molar-refractivity contribution in [2.45, 2.75) is 83.0 Å². The number of ether oxygens (including phenoxy) is 1. The summed E-state index contributed by atoms with van der Waals surface area (Å²) in [6.45, 7) is 13.8. The number of carbonyl (C=O) groups is 1. The van der Waals surface area contributed by atoms with Crippen molar-refractivity contribution in [2.24, 2.45) is 9.50 Å². The second-order valence-electron chi connectivity index (χ2n) is 9.54. The lowest BCUT2D eigenvalue weighted by Gasteiger charge is -2.22. The smallest absolute Gasteiger partial charge is 0.259 e. The van der Waals surface area contributed by atoms with Gasteiger partial charge in [-0.15, -0.1) is 15.7 Å². The summed E-state index contributed by atoms with van der Waals surface area (Å²) in [6, 6.07) is 1.75. The van der Waals surface area contributed by atoms with Gasteiger partial charge >= 0.3 is 0 Å². The molecule has 32 heavy (non-hydrogen) atoms.